The topological polar surface area (TPSA) is 123 Å². The molecule has 0 bridgehead atoms. The fraction of sp³-hybridized carbons (Fsp3) is 0.455. The van der Waals surface area contributed by atoms with Crippen LogP contribution in [0.25, 0.3) is 0 Å². The van der Waals surface area contributed by atoms with Gasteiger partial charge in [0.05, 0.1) is 0 Å². The number of aryl methyl sites for hydroxylation is 1. The molecule has 1 aromatic heterocycles. The van der Waals surface area contributed by atoms with E-state index in [4.69, 9.17) is 10.8 Å². The van der Waals surface area contributed by atoms with Gasteiger partial charge in [-0.2, -0.15) is 4.31 Å². The summed E-state index contributed by atoms with van der Waals surface area (Å²) in [6.45, 7) is 0.153. The number of hydrogen-bond donors (Lipinski definition) is 2. The lowest BCUT2D eigenvalue weighted by Gasteiger charge is -2.19. The van der Waals surface area contributed by atoms with Crippen molar-refractivity contribution in [2.75, 3.05) is 6.54 Å². The molecule has 2 rings (SSSR count). The largest absolute Gasteiger partial charge is 0.480 e. The molecule has 1 aromatic rings. The maximum Gasteiger partial charge on any atom is 0.322 e. The number of aromatic nitrogens is 1. The van der Waals surface area contributed by atoms with E-state index in [0.717, 1.165) is 10.4 Å². The highest BCUT2D eigenvalue weighted by Gasteiger charge is 2.40. The number of nitrogens with two attached hydrogens (primary N) is 1. The molecule has 1 amide bonds. The van der Waals surface area contributed by atoms with E-state index in [9.17, 15) is 18.0 Å². The molecule has 0 aliphatic carbocycles. The van der Waals surface area contributed by atoms with Gasteiger partial charge in [-0.25, -0.2) is 8.42 Å². The molecule has 1 aliphatic heterocycles. The Hall–Kier alpha value is -1.87. The Labute approximate surface area is 115 Å². The molecular weight excluding hydrogens is 286 g/mol. The van der Waals surface area contributed by atoms with Gasteiger partial charge in [0.2, 0.25) is 10.0 Å². The van der Waals surface area contributed by atoms with Gasteiger partial charge in [-0.15, -0.1) is 0 Å². The minimum absolute atomic E-state index is 0.0506. The summed E-state index contributed by atoms with van der Waals surface area (Å²) >= 11 is 0. The van der Waals surface area contributed by atoms with Crippen LogP contribution in [0.1, 0.15) is 23.3 Å². The van der Waals surface area contributed by atoms with Gasteiger partial charge in [0.25, 0.3) is 5.91 Å². The smallest absolute Gasteiger partial charge is 0.322 e. The van der Waals surface area contributed by atoms with Crippen LogP contribution in [-0.4, -0.2) is 46.9 Å². The van der Waals surface area contributed by atoms with Gasteiger partial charge in [-0.05, 0) is 18.9 Å². The summed E-state index contributed by atoms with van der Waals surface area (Å²) in [5.74, 6) is -1.91. The molecule has 9 heteroatoms. The second-order valence-corrected chi connectivity index (χ2v) is 6.54. The van der Waals surface area contributed by atoms with Crippen LogP contribution in [0.3, 0.4) is 0 Å². The van der Waals surface area contributed by atoms with Gasteiger partial charge >= 0.3 is 5.97 Å². The molecule has 1 fully saturated rings. The maximum atomic E-state index is 12.4. The van der Waals surface area contributed by atoms with Crippen LogP contribution >= 0.6 is 0 Å². The molecule has 3 N–H and O–H groups in total. The summed E-state index contributed by atoms with van der Waals surface area (Å²) in [6.07, 6.45) is 2.03. The van der Waals surface area contributed by atoms with Gasteiger partial charge in [0.1, 0.15) is 16.6 Å². The Morgan fingerprint density at radius 1 is 1.45 bits per heavy atom. The Bertz CT molecular complexity index is 664. The molecule has 0 aromatic carbocycles. The monoisotopic (exact) mass is 301 g/mol. The fourth-order valence-corrected chi connectivity index (χ4v) is 4.05. The predicted octanol–water partition coefficient (Wildman–Crippen LogP) is -0.638. The van der Waals surface area contributed by atoms with Crippen LogP contribution in [0.4, 0.5) is 0 Å². The Morgan fingerprint density at radius 2 is 2.10 bits per heavy atom. The molecule has 110 valence electrons. The quantitative estimate of drug-likeness (QED) is 0.766. The number of carbonyl (C=O) groups excluding carboxylic acids is 1. The van der Waals surface area contributed by atoms with Crippen LogP contribution < -0.4 is 5.73 Å². The SMILES string of the molecule is Cn1cc(S(=O)(=O)N2CCCC2C(=O)O)cc1C(N)=O. The van der Waals surface area contributed by atoms with Crippen LogP contribution in [0.15, 0.2) is 17.2 Å². The van der Waals surface area contributed by atoms with Gasteiger partial charge in [-0.1, -0.05) is 0 Å². The average molecular weight is 301 g/mol. The Morgan fingerprint density at radius 3 is 2.60 bits per heavy atom. The van der Waals surface area contributed by atoms with E-state index in [1.165, 1.54) is 17.8 Å². The number of primary amides is 1. The van der Waals surface area contributed by atoms with Crippen molar-refractivity contribution in [2.24, 2.45) is 12.8 Å². The molecule has 1 saturated heterocycles. The number of hydrogen-bond acceptors (Lipinski definition) is 4. The standard InChI is InChI=1S/C11H15N3O5S/c1-13-6-7(5-9(13)10(12)15)20(18,19)14-4-2-3-8(14)11(16)17/h5-6,8H,2-4H2,1H3,(H2,12,15)(H,16,17). The number of rotatable bonds is 4. The lowest BCUT2D eigenvalue weighted by molar-refractivity contribution is -0.140. The van der Waals surface area contributed by atoms with Crippen LogP contribution in [0.2, 0.25) is 0 Å². The zero-order chi connectivity index (χ0) is 15.1. The number of carboxylic acid groups (broad SMARTS) is 1. The Balaban J connectivity index is 2.43. The maximum absolute atomic E-state index is 12.4. The number of amides is 1. The predicted molar refractivity (Wildman–Crippen MR) is 68.5 cm³/mol. The number of aliphatic carboxylic acids is 1. The summed E-state index contributed by atoms with van der Waals surface area (Å²) < 4.78 is 27.1. The molecule has 1 aliphatic rings. The lowest BCUT2D eigenvalue weighted by atomic mass is 10.2. The summed E-state index contributed by atoms with van der Waals surface area (Å²) in [7, 11) is -2.45. The van der Waals surface area contributed by atoms with Crippen molar-refractivity contribution >= 4 is 21.9 Å². The zero-order valence-electron chi connectivity index (χ0n) is 10.8. The lowest BCUT2D eigenvalue weighted by Crippen LogP contribution is -2.40. The molecule has 0 radical (unpaired) electrons. The van der Waals surface area contributed by atoms with Crippen LogP contribution in [0.5, 0.6) is 0 Å². The van der Waals surface area contributed by atoms with E-state index >= 15 is 0 Å². The Kier molecular flexibility index (Phi) is 3.57. The van der Waals surface area contributed by atoms with Crippen LogP contribution in [0, 0.1) is 0 Å². The number of carboxylic acids is 1. The van der Waals surface area contributed by atoms with Crippen molar-refractivity contribution in [1.82, 2.24) is 8.87 Å². The third-order valence-corrected chi connectivity index (χ3v) is 5.20. The van der Waals surface area contributed by atoms with Crippen molar-refractivity contribution in [3.05, 3.63) is 18.0 Å². The van der Waals surface area contributed by atoms with Crippen molar-refractivity contribution in [1.29, 1.82) is 0 Å². The third-order valence-electron chi connectivity index (χ3n) is 3.33. The van der Waals surface area contributed by atoms with Crippen molar-refractivity contribution in [3.8, 4) is 0 Å². The van der Waals surface area contributed by atoms with E-state index in [0.29, 0.717) is 6.42 Å². The van der Waals surface area contributed by atoms with E-state index < -0.39 is 27.9 Å². The van der Waals surface area contributed by atoms with E-state index in [-0.39, 0.29) is 23.6 Å². The van der Waals surface area contributed by atoms with Gasteiger partial charge in [-0.3, -0.25) is 9.59 Å². The van der Waals surface area contributed by atoms with E-state index in [1.807, 2.05) is 0 Å². The molecule has 2 heterocycles. The zero-order valence-corrected chi connectivity index (χ0v) is 11.6. The highest BCUT2D eigenvalue weighted by atomic mass is 32.2. The molecule has 20 heavy (non-hydrogen) atoms. The number of nitrogens with zero attached hydrogens (tertiary/aromatic N) is 2. The first-order chi connectivity index (χ1) is 9.25. The molecule has 1 unspecified atom stereocenters. The second-order valence-electron chi connectivity index (χ2n) is 4.65. The van der Waals surface area contributed by atoms with Crippen molar-refractivity contribution in [2.45, 2.75) is 23.8 Å². The average Bonchev–Trinajstić information content (AvgIpc) is 2.94. The molecular formula is C11H15N3O5S. The highest BCUT2D eigenvalue weighted by molar-refractivity contribution is 7.89. The second kappa shape index (κ2) is 4.91. The third kappa shape index (κ3) is 2.29. The van der Waals surface area contributed by atoms with E-state index in [2.05, 4.69) is 0 Å². The van der Waals surface area contributed by atoms with Crippen molar-refractivity contribution in [3.63, 3.8) is 0 Å². The number of carbonyl (C=O) groups is 2. The first kappa shape index (κ1) is 14.5. The van der Waals surface area contributed by atoms with Gasteiger partial charge < -0.3 is 15.4 Å². The van der Waals surface area contributed by atoms with Gasteiger partial charge in [0, 0.05) is 19.8 Å². The van der Waals surface area contributed by atoms with E-state index in [1.54, 1.807) is 0 Å². The first-order valence-electron chi connectivity index (χ1n) is 5.96. The fourth-order valence-electron chi connectivity index (χ4n) is 2.33. The first-order valence-corrected chi connectivity index (χ1v) is 7.40. The summed E-state index contributed by atoms with van der Waals surface area (Å²) in [6, 6.07) is 0.103. The molecule has 0 spiro atoms. The van der Waals surface area contributed by atoms with Crippen molar-refractivity contribution < 1.29 is 23.1 Å². The molecule has 8 nitrogen and oxygen atoms in total. The van der Waals surface area contributed by atoms with Crippen LogP contribution in [-0.2, 0) is 21.9 Å². The highest BCUT2D eigenvalue weighted by Crippen LogP contribution is 2.27. The summed E-state index contributed by atoms with van der Waals surface area (Å²) in [5.41, 5.74) is 5.19. The summed E-state index contributed by atoms with van der Waals surface area (Å²) in [5, 5.41) is 9.06. The minimum Gasteiger partial charge on any atom is -0.480 e. The molecule has 0 saturated carbocycles. The molecule has 1 atom stereocenters. The van der Waals surface area contributed by atoms with Gasteiger partial charge in [0.15, 0.2) is 0 Å². The minimum atomic E-state index is -3.94. The summed E-state index contributed by atoms with van der Waals surface area (Å²) in [4.78, 5) is 22.1. The number of sulfonamides is 1. The normalized spacial score (nSPS) is 20.1.